The smallest absolute Gasteiger partial charge is 0.164 e. The molecule has 0 unspecified atom stereocenters. The summed E-state index contributed by atoms with van der Waals surface area (Å²) in [6.45, 7) is 0. The van der Waals surface area contributed by atoms with Crippen molar-refractivity contribution in [2.75, 3.05) is 0 Å². The second kappa shape index (κ2) is 14.4. The predicted octanol–water partition coefficient (Wildman–Crippen LogP) is 12.8. The zero-order valence-electron chi connectivity index (χ0n) is 31.6. The summed E-state index contributed by atoms with van der Waals surface area (Å²) in [6, 6.07) is 65.4. The summed E-state index contributed by atoms with van der Waals surface area (Å²) in [7, 11) is 0. The van der Waals surface area contributed by atoms with Crippen LogP contribution in [0.4, 0.5) is 0 Å². The van der Waals surface area contributed by atoms with E-state index in [-0.39, 0.29) is 0 Å². The first-order valence-electron chi connectivity index (χ1n) is 19.4. The Morgan fingerprint density at radius 2 is 0.661 bits per heavy atom. The van der Waals surface area contributed by atoms with Crippen molar-refractivity contribution in [3.8, 4) is 79.5 Å². The van der Waals surface area contributed by atoms with E-state index in [1.807, 2.05) is 140 Å². The first-order chi connectivity index (χ1) is 29.2. The van der Waals surface area contributed by atoms with Gasteiger partial charge in [0, 0.05) is 49.5 Å². The molecule has 0 spiro atoms. The number of aromatic nitrogens is 6. The third kappa shape index (κ3) is 6.46. The van der Waals surface area contributed by atoms with E-state index in [4.69, 9.17) is 34.3 Å². The lowest BCUT2D eigenvalue weighted by molar-refractivity contribution is 0.672. The number of hydrogen-bond donors (Lipinski definition) is 0. The molecule has 0 atom stereocenters. The molecule has 0 amide bonds. The van der Waals surface area contributed by atoms with Crippen LogP contribution >= 0.6 is 0 Å². The molecule has 7 nitrogen and oxygen atoms in total. The first kappa shape index (κ1) is 34.1. The summed E-state index contributed by atoms with van der Waals surface area (Å²) < 4.78 is 6.42. The normalized spacial score (nSPS) is 11.4. The quantitative estimate of drug-likeness (QED) is 0.160. The van der Waals surface area contributed by atoms with Gasteiger partial charge in [0.2, 0.25) is 0 Å². The standard InChI is InChI=1S/C52H32N6O/c1-4-15-34(16-5-1)47-53-48(35-17-6-2-7-18-35)55-50(54-47)39-23-12-21-37(30-39)38-22-13-24-40(31-38)51-56-49(36-19-8-3-9-20-36)57-52(58-51)41-27-29-45-44(32-41)43-28-26-33-14-10-11-25-42(33)46(43)59-45/h1-32H. The van der Waals surface area contributed by atoms with Crippen molar-refractivity contribution in [2.45, 2.75) is 0 Å². The van der Waals surface area contributed by atoms with Crippen molar-refractivity contribution in [1.29, 1.82) is 0 Å². The van der Waals surface area contributed by atoms with Crippen LogP contribution in [-0.4, -0.2) is 29.9 Å². The Morgan fingerprint density at radius 3 is 1.17 bits per heavy atom. The average molecular weight is 757 g/mol. The van der Waals surface area contributed by atoms with E-state index in [2.05, 4.69) is 54.6 Å². The molecular formula is C52H32N6O. The lowest BCUT2D eigenvalue weighted by Gasteiger charge is -2.11. The van der Waals surface area contributed by atoms with Gasteiger partial charge in [0.25, 0.3) is 0 Å². The van der Waals surface area contributed by atoms with Gasteiger partial charge in [-0.05, 0) is 52.9 Å². The van der Waals surface area contributed by atoms with Crippen LogP contribution in [0, 0.1) is 0 Å². The molecule has 0 fully saturated rings. The van der Waals surface area contributed by atoms with Crippen LogP contribution in [0.15, 0.2) is 199 Å². The van der Waals surface area contributed by atoms with Crippen molar-refractivity contribution >= 4 is 32.7 Å². The summed E-state index contributed by atoms with van der Waals surface area (Å²) in [6.07, 6.45) is 0. The van der Waals surface area contributed by atoms with Crippen molar-refractivity contribution in [3.05, 3.63) is 194 Å². The van der Waals surface area contributed by atoms with E-state index < -0.39 is 0 Å². The predicted molar refractivity (Wildman–Crippen MR) is 236 cm³/mol. The van der Waals surface area contributed by atoms with Crippen molar-refractivity contribution in [1.82, 2.24) is 29.9 Å². The Morgan fingerprint density at radius 1 is 0.254 bits per heavy atom. The second-order valence-electron chi connectivity index (χ2n) is 14.3. The van der Waals surface area contributed by atoms with Crippen LogP contribution in [0.3, 0.4) is 0 Å². The molecule has 0 aliphatic heterocycles. The average Bonchev–Trinajstić information content (AvgIpc) is 3.71. The highest BCUT2D eigenvalue weighted by molar-refractivity contribution is 6.15. The van der Waals surface area contributed by atoms with Crippen molar-refractivity contribution < 1.29 is 4.42 Å². The van der Waals surface area contributed by atoms with Crippen LogP contribution in [0.25, 0.3) is 112 Å². The maximum atomic E-state index is 6.42. The molecule has 0 aliphatic carbocycles. The molecule has 8 aromatic carbocycles. The molecule has 0 saturated carbocycles. The topological polar surface area (TPSA) is 90.5 Å². The number of nitrogens with zero attached hydrogens (tertiary/aromatic N) is 6. The monoisotopic (exact) mass is 756 g/mol. The maximum absolute atomic E-state index is 6.42. The Hall–Kier alpha value is -8.16. The summed E-state index contributed by atoms with van der Waals surface area (Å²) in [5, 5.41) is 4.29. The van der Waals surface area contributed by atoms with Gasteiger partial charge in [-0.15, -0.1) is 0 Å². The van der Waals surface area contributed by atoms with Crippen LogP contribution in [0.1, 0.15) is 0 Å². The second-order valence-corrected chi connectivity index (χ2v) is 14.3. The van der Waals surface area contributed by atoms with Gasteiger partial charge in [0.05, 0.1) is 0 Å². The van der Waals surface area contributed by atoms with Crippen LogP contribution in [-0.2, 0) is 0 Å². The Balaban J connectivity index is 1.00. The van der Waals surface area contributed by atoms with E-state index in [1.165, 1.54) is 0 Å². The van der Waals surface area contributed by atoms with E-state index in [0.29, 0.717) is 34.9 Å². The molecule has 11 rings (SSSR count). The molecule has 0 N–H and O–H groups in total. The minimum Gasteiger partial charge on any atom is -0.455 e. The molecule has 0 saturated heterocycles. The number of hydrogen-bond acceptors (Lipinski definition) is 7. The van der Waals surface area contributed by atoms with E-state index in [0.717, 1.165) is 77.2 Å². The zero-order chi connectivity index (χ0) is 39.1. The number of furan rings is 1. The van der Waals surface area contributed by atoms with Gasteiger partial charge in [-0.1, -0.05) is 158 Å². The molecule has 59 heavy (non-hydrogen) atoms. The van der Waals surface area contributed by atoms with Crippen LogP contribution < -0.4 is 0 Å². The lowest BCUT2D eigenvalue weighted by Crippen LogP contribution is -2.00. The molecule has 7 heteroatoms. The van der Waals surface area contributed by atoms with Gasteiger partial charge in [-0.25, -0.2) is 29.9 Å². The lowest BCUT2D eigenvalue weighted by atomic mass is 10.0. The van der Waals surface area contributed by atoms with E-state index in [1.54, 1.807) is 0 Å². The van der Waals surface area contributed by atoms with Gasteiger partial charge < -0.3 is 4.42 Å². The SMILES string of the molecule is c1ccc(-c2nc(-c3ccccc3)nc(-c3cccc(-c4cccc(-c5nc(-c6ccccc6)nc(-c6ccc7oc8c9ccccc9ccc8c7c6)n5)c4)c3)n2)cc1. The molecule has 11 aromatic rings. The van der Waals surface area contributed by atoms with Gasteiger partial charge in [-0.2, -0.15) is 0 Å². The van der Waals surface area contributed by atoms with Gasteiger partial charge in [0.15, 0.2) is 34.9 Å². The molecule has 276 valence electrons. The molecule has 0 radical (unpaired) electrons. The minimum absolute atomic E-state index is 0.576. The molecule has 0 aliphatic rings. The molecule has 0 bridgehead atoms. The van der Waals surface area contributed by atoms with E-state index in [9.17, 15) is 0 Å². The number of fused-ring (bicyclic) bond motifs is 5. The fraction of sp³-hybridized carbons (Fsp3) is 0. The Labute approximate surface area is 339 Å². The van der Waals surface area contributed by atoms with E-state index >= 15 is 0 Å². The minimum atomic E-state index is 0.576. The first-order valence-corrected chi connectivity index (χ1v) is 19.4. The van der Waals surface area contributed by atoms with Gasteiger partial charge in [-0.3, -0.25) is 0 Å². The van der Waals surface area contributed by atoms with Crippen molar-refractivity contribution in [2.24, 2.45) is 0 Å². The van der Waals surface area contributed by atoms with Crippen LogP contribution in [0.5, 0.6) is 0 Å². The van der Waals surface area contributed by atoms with Crippen LogP contribution in [0.2, 0.25) is 0 Å². The Bertz CT molecular complexity index is 3270. The number of rotatable bonds is 7. The highest BCUT2D eigenvalue weighted by Gasteiger charge is 2.17. The van der Waals surface area contributed by atoms with Gasteiger partial charge >= 0.3 is 0 Å². The maximum Gasteiger partial charge on any atom is 0.164 e. The molecule has 3 heterocycles. The molecular weight excluding hydrogens is 725 g/mol. The third-order valence-electron chi connectivity index (χ3n) is 10.6. The summed E-state index contributed by atoms with van der Waals surface area (Å²) in [5.74, 6) is 3.59. The third-order valence-corrected chi connectivity index (χ3v) is 10.6. The molecule has 3 aromatic heterocycles. The number of benzene rings is 8. The highest BCUT2D eigenvalue weighted by atomic mass is 16.3. The summed E-state index contributed by atoms with van der Waals surface area (Å²) in [4.78, 5) is 30.0. The highest BCUT2D eigenvalue weighted by Crippen LogP contribution is 2.37. The fourth-order valence-corrected chi connectivity index (χ4v) is 7.61. The summed E-state index contributed by atoms with van der Waals surface area (Å²) >= 11 is 0. The fourth-order valence-electron chi connectivity index (χ4n) is 7.61. The largest absolute Gasteiger partial charge is 0.455 e. The van der Waals surface area contributed by atoms with Gasteiger partial charge in [0.1, 0.15) is 11.2 Å². The Kier molecular flexibility index (Phi) is 8.33. The zero-order valence-corrected chi connectivity index (χ0v) is 31.6. The van der Waals surface area contributed by atoms with Crippen molar-refractivity contribution in [3.63, 3.8) is 0 Å². The summed E-state index contributed by atoms with van der Waals surface area (Å²) in [5.41, 5.74) is 9.09.